The average Bonchev–Trinajstić information content (AvgIpc) is 2.37. The molecule has 1 fully saturated rings. The van der Waals surface area contributed by atoms with E-state index in [1.807, 2.05) is 20.8 Å². The molecular weight excluding hydrogens is 311 g/mol. The summed E-state index contributed by atoms with van der Waals surface area (Å²) in [7, 11) is 0. The van der Waals surface area contributed by atoms with Crippen molar-refractivity contribution in [1.82, 2.24) is 5.32 Å². The van der Waals surface area contributed by atoms with Crippen molar-refractivity contribution in [3.63, 3.8) is 0 Å². The van der Waals surface area contributed by atoms with Crippen LogP contribution in [0.25, 0.3) is 0 Å². The molecule has 2 atom stereocenters. The van der Waals surface area contributed by atoms with Gasteiger partial charge in [0.1, 0.15) is 12.1 Å². The summed E-state index contributed by atoms with van der Waals surface area (Å²) in [6.45, 7) is 7.28. The van der Waals surface area contributed by atoms with Gasteiger partial charge in [0.15, 0.2) is 0 Å². The predicted octanol–water partition coefficient (Wildman–Crippen LogP) is 3.18. The summed E-state index contributed by atoms with van der Waals surface area (Å²) >= 11 is 12.4. The van der Waals surface area contributed by atoms with E-state index in [4.69, 9.17) is 23.2 Å². The summed E-state index contributed by atoms with van der Waals surface area (Å²) in [6, 6.07) is 2.19. The van der Waals surface area contributed by atoms with Crippen LogP contribution in [0.1, 0.15) is 26.3 Å². The van der Waals surface area contributed by atoms with Crippen LogP contribution in [0.2, 0.25) is 10.0 Å². The Morgan fingerprint density at radius 3 is 2.38 bits per heavy atom. The van der Waals surface area contributed by atoms with Gasteiger partial charge in [-0.3, -0.25) is 14.5 Å². The van der Waals surface area contributed by atoms with Gasteiger partial charge in [0.05, 0.1) is 10.7 Å². The molecule has 21 heavy (non-hydrogen) atoms. The van der Waals surface area contributed by atoms with Gasteiger partial charge in [-0.25, -0.2) is 0 Å². The Bertz CT molecular complexity index is 602. The summed E-state index contributed by atoms with van der Waals surface area (Å²) in [5, 5.41) is 3.63. The van der Waals surface area contributed by atoms with E-state index in [2.05, 4.69) is 5.32 Å². The molecule has 1 N–H and O–H groups in total. The standard InChI is InChI=1S/C15H18Cl2N2O2/c1-7(2)13-14(20)18-9(4)15(21)19(13)12-6-10(16)8(3)5-11(12)17/h5-7,9,13H,1-4H3,(H,18,20). The van der Waals surface area contributed by atoms with E-state index in [0.717, 1.165) is 5.56 Å². The first-order chi connectivity index (χ1) is 9.73. The van der Waals surface area contributed by atoms with Crippen molar-refractivity contribution >= 4 is 40.7 Å². The van der Waals surface area contributed by atoms with Crippen molar-refractivity contribution in [2.45, 2.75) is 39.8 Å². The van der Waals surface area contributed by atoms with Gasteiger partial charge in [-0.1, -0.05) is 37.0 Å². The highest BCUT2D eigenvalue weighted by Gasteiger charge is 2.41. The molecule has 2 rings (SSSR count). The summed E-state index contributed by atoms with van der Waals surface area (Å²) in [5.74, 6) is -0.405. The van der Waals surface area contributed by atoms with Gasteiger partial charge in [0, 0.05) is 5.02 Å². The third-order valence-corrected chi connectivity index (χ3v) is 4.34. The molecule has 0 aliphatic carbocycles. The second kappa shape index (κ2) is 5.85. The lowest BCUT2D eigenvalue weighted by Gasteiger charge is -2.40. The predicted molar refractivity (Wildman–Crippen MR) is 84.9 cm³/mol. The number of anilines is 1. The molecular formula is C15H18Cl2N2O2. The van der Waals surface area contributed by atoms with Gasteiger partial charge in [0.25, 0.3) is 0 Å². The number of amides is 2. The highest BCUT2D eigenvalue weighted by Crippen LogP contribution is 2.35. The van der Waals surface area contributed by atoms with Crippen LogP contribution in [-0.2, 0) is 9.59 Å². The van der Waals surface area contributed by atoms with Crippen molar-refractivity contribution in [2.24, 2.45) is 5.92 Å². The zero-order valence-corrected chi connectivity index (χ0v) is 13.9. The van der Waals surface area contributed by atoms with Gasteiger partial charge in [-0.15, -0.1) is 0 Å². The molecule has 0 aromatic heterocycles. The fraction of sp³-hybridized carbons (Fsp3) is 0.467. The van der Waals surface area contributed by atoms with E-state index in [1.54, 1.807) is 19.1 Å². The largest absolute Gasteiger partial charge is 0.343 e. The second-order valence-corrected chi connectivity index (χ2v) is 6.49. The Labute approximate surface area is 134 Å². The maximum absolute atomic E-state index is 12.5. The van der Waals surface area contributed by atoms with Crippen molar-refractivity contribution in [2.75, 3.05) is 4.90 Å². The molecule has 0 radical (unpaired) electrons. The molecule has 0 bridgehead atoms. The van der Waals surface area contributed by atoms with Crippen LogP contribution in [0.15, 0.2) is 12.1 Å². The molecule has 1 aliphatic heterocycles. The summed E-state index contributed by atoms with van der Waals surface area (Å²) < 4.78 is 0. The highest BCUT2D eigenvalue weighted by atomic mass is 35.5. The SMILES string of the molecule is Cc1cc(Cl)c(N2C(=O)C(C)NC(=O)C2C(C)C)cc1Cl. The number of halogens is 2. The molecule has 2 unspecified atom stereocenters. The quantitative estimate of drug-likeness (QED) is 0.906. The minimum absolute atomic E-state index is 0.0439. The van der Waals surface area contributed by atoms with E-state index in [0.29, 0.717) is 15.7 Å². The average molecular weight is 329 g/mol. The normalized spacial score (nSPS) is 22.7. The number of carbonyl (C=O) groups excluding carboxylic acids is 2. The number of aryl methyl sites for hydroxylation is 1. The minimum atomic E-state index is -0.593. The fourth-order valence-electron chi connectivity index (χ4n) is 2.51. The van der Waals surface area contributed by atoms with E-state index < -0.39 is 12.1 Å². The Morgan fingerprint density at radius 2 is 1.81 bits per heavy atom. The van der Waals surface area contributed by atoms with Crippen LogP contribution in [0, 0.1) is 12.8 Å². The lowest BCUT2D eigenvalue weighted by molar-refractivity contribution is -0.134. The zero-order chi connectivity index (χ0) is 15.9. The van der Waals surface area contributed by atoms with Crippen LogP contribution in [0.4, 0.5) is 5.69 Å². The molecule has 6 heteroatoms. The zero-order valence-electron chi connectivity index (χ0n) is 12.4. The maximum atomic E-state index is 12.5. The fourth-order valence-corrected chi connectivity index (χ4v) is 2.98. The first kappa shape index (κ1) is 16.1. The number of hydrogen-bond donors (Lipinski definition) is 1. The molecule has 1 aromatic rings. The van der Waals surface area contributed by atoms with Gasteiger partial charge in [-0.2, -0.15) is 0 Å². The van der Waals surface area contributed by atoms with Gasteiger partial charge >= 0.3 is 0 Å². The van der Waals surface area contributed by atoms with E-state index in [9.17, 15) is 9.59 Å². The van der Waals surface area contributed by atoms with Crippen LogP contribution in [-0.4, -0.2) is 23.9 Å². The highest BCUT2D eigenvalue weighted by molar-refractivity contribution is 6.36. The molecule has 114 valence electrons. The molecule has 0 saturated carbocycles. The molecule has 0 spiro atoms. The first-order valence-corrected chi connectivity index (χ1v) is 7.58. The van der Waals surface area contributed by atoms with E-state index in [1.165, 1.54) is 4.90 Å². The van der Waals surface area contributed by atoms with Crippen molar-refractivity contribution in [1.29, 1.82) is 0 Å². The number of benzene rings is 1. The molecule has 4 nitrogen and oxygen atoms in total. The molecule has 1 saturated heterocycles. The second-order valence-electron chi connectivity index (χ2n) is 5.68. The van der Waals surface area contributed by atoms with Crippen LogP contribution < -0.4 is 10.2 Å². The number of carbonyl (C=O) groups is 2. The third-order valence-electron chi connectivity index (χ3n) is 3.63. The van der Waals surface area contributed by atoms with Crippen molar-refractivity contribution < 1.29 is 9.59 Å². The molecule has 1 aromatic carbocycles. The Kier molecular flexibility index (Phi) is 4.49. The number of nitrogens with zero attached hydrogens (tertiary/aromatic N) is 1. The lowest BCUT2D eigenvalue weighted by Crippen LogP contribution is -2.64. The summed E-state index contributed by atoms with van der Waals surface area (Å²) in [5.41, 5.74) is 1.31. The molecule has 1 heterocycles. The van der Waals surface area contributed by atoms with Crippen LogP contribution >= 0.6 is 23.2 Å². The summed E-state index contributed by atoms with van der Waals surface area (Å²) in [4.78, 5) is 26.3. The van der Waals surface area contributed by atoms with E-state index in [-0.39, 0.29) is 17.7 Å². The summed E-state index contributed by atoms with van der Waals surface area (Å²) in [6.07, 6.45) is 0. The maximum Gasteiger partial charge on any atom is 0.250 e. The number of rotatable bonds is 2. The van der Waals surface area contributed by atoms with Crippen LogP contribution in [0.3, 0.4) is 0 Å². The Balaban J connectivity index is 2.58. The van der Waals surface area contributed by atoms with Crippen molar-refractivity contribution in [3.05, 3.63) is 27.7 Å². The molecule has 2 amide bonds. The topological polar surface area (TPSA) is 49.4 Å². The van der Waals surface area contributed by atoms with Gasteiger partial charge < -0.3 is 5.32 Å². The van der Waals surface area contributed by atoms with Crippen molar-refractivity contribution in [3.8, 4) is 0 Å². The number of piperazine rings is 1. The monoisotopic (exact) mass is 328 g/mol. The van der Waals surface area contributed by atoms with E-state index >= 15 is 0 Å². The molecule has 1 aliphatic rings. The Morgan fingerprint density at radius 1 is 1.19 bits per heavy atom. The third kappa shape index (κ3) is 2.87. The van der Waals surface area contributed by atoms with Crippen LogP contribution in [0.5, 0.6) is 0 Å². The first-order valence-electron chi connectivity index (χ1n) is 6.83. The minimum Gasteiger partial charge on any atom is -0.343 e. The smallest absolute Gasteiger partial charge is 0.250 e. The number of hydrogen-bond acceptors (Lipinski definition) is 2. The lowest BCUT2D eigenvalue weighted by atomic mass is 9.96. The number of nitrogens with one attached hydrogen (secondary N) is 1. The Hall–Kier alpha value is -1.26. The van der Waals surface area contributed by atoms with Gasteiger partial charge in [-0.05, 0) is 37.5 Å². The van der Waals surface area contributed by atoms with Gasteiger partial charge in [0.2, 0.25) is 11.8 Å².